The molecule has 10 fully saturated rings. The van der Waals surface area contributed by atoms with Crippen molar-refractivity contribution in [3.05, 3.63) is 0 Å². The molecule has 6 aliphatic heterocycles. The molecule has 6 heterocycles. The molecule has 4 saturated heterocycles. The third-order valence-corrected chi connectivity index (χ3v) is 18.8. The summed E-state index contributed by atoms with van der Waals surface area (Å²) in [5.41, 5.74) is 0.983. The van der Waals surface area contributed by atoms with Crippen LogP contribution in [0.15, 0.2) is 9.98 Å². The van der Waals surface area contributed by atoms with Gasteiger partial charge in [0.25, 0.3) is 12.0 Å². The minimum atomic E-state index is 0.312. The molecule has 0 spiro atoms. The zero-order chi connectivity index (χ0) is 33.4. The van der Waals surface area contributed by atoms with Crippen molar-refractivity contribution in [2.75, 3.05) is 0 Å². The molecule has 6 saturated carbocycles. The first-order valence-electron chi connectivity index (χ1n) is 21.2. The van der Waals surface area contributed by atoms with Crippen LogP contribution in [0.2, 0.25) is 17.5 Å². The SMILES string of the molecule is CC(C)(C)C1CC2CC3OC4=NC5CC(C(C)(C)C)CC6B7C8CC(C(C)(C)C)CC9N=C%10OC%11CC(C1)C2C1C3C(C7C(C%111)N%10C98)N4C56. The number of ether oxygens (including phenoxy) is 2. The van der Waals surface area contributed by atoms with Crippen molar-refractivity contribution in [1.82, 2.24) is 9.80 Å². The molecule has 0 bridgehead atoms. The topological polar surface area (TPSA) is 49.7 Å². The summed E-state index contributed by atoms with van der Waals surface area (Å²) in [4.78, 5) is 17.3. The summed E-state index contributed by atoms with van der Waals surface area (Å²) in [6, 6.07) is 5.34. The average Bonchev–Trinajstić information content (AvgIpc) is 3.58. The molecule has 266 valence electrons. The van der Waals surface area contributed by atoms with Crippen molar-refractivity contribution in [2.24, 2.45) is 79.5 Å². The van der Waals surface area contributed by atoms with Crippen LogP contribution >= 0.6 is 0 Å². The van der Waals surface area contributed by atoms with Gasteiger partial charge in [0, 0.05) is 23.9 Å². The predicted molar refractivity (Wildman–Crippen MR) is 195 cm³/mol. The Morgan fingerprint density at radius 1 is 0.510 bits per heavy atom. The standard InChI is InChI=1S/C42H63BN4O2/c1-40(2,3)20-10-18-12-27-30-32-29(18)19(11-20)13-28-31(32)37-33-36(30)46-34-23(14-21(41(4,5)6)16-25(34)44-38(46)48-27)43(33)24-15-22(42(7,8)9)17-26-35(24)47(37)39(45-26)49-28/h18-37H,10-17H2,1-9H3. The minimum Gasteiger partial charge on any atom is -0.461 e. The third kappa shape index (κ3) is 3.59. The zero-order valence-corrected chi connectivity index (χ0v) is 31.9. The molecule has 0 aromatic rings. The van der Waals surface area contributed by atoms with E-state index in [0.717, 1.165) is 60.2 Å². The van der Waals surface area contributed by atoms with E-state index >= 15 is 0 Å². The molecule has 0 aromatic heterocycles. The summed E-state index contributed by atoms with van der Waals surface area (Å²) < 4.78 is 14.8. The highest BCUT2D eigenvalue weighted by molar-refractivity contribution is 6.65. The Morgan fingerprint density at radius 2 is 0.939 bits per heavy atom. The molecular weight excluding hydrogens is 603 g/mol. The third-order valence-electron chi connectivity index (χ3n) is 18.8. The van der Waals surface area contributed by atoms with Crippen LogP contribution in [0.4, 0.5) is 0 Å². The van der Waals surface area contributed by atoms with Gasteiger partial charge in [0.05, 0.1) is 24.2 Å². The Balaban J connectivity index is 1.07. The van der Waals surface area contributed by atoms with E-state index in [1.54, 1.807) is 0 Å². The second-order valence-corrected chi connectivity index (χ2v) is 23.4. The molecule has 16 unspecified atom stereocenters. The van der Waals surface area contributed by atoms with Crippen LogP contribution in [-0.4, -0.2) is 77.0 Å². The number of nitrogens with zero attached hydrogens (tertiary/aromatic N) is 4. The molecule has 6 nitrogen and oxygen atoms in total. The Hall–Kier alpha value is -1.40. The molecule has 0 radical (unpaired) electrons. The van der Waals surface area contributed by atoms with Crippen LogP contribution in [0, 0.1) is 69.5 Å². The molecule has 7 heteroatoms. The zero-order valence-electron chi connectivity index (χ0n) is 31.9. The van der Waals surface area contributed by atoms with Gasteiger partial charge in [-0.2, -0.15) is 0 Å². The highest BCUT2D eigenvalue weighted by Gasteiger charge is 2.79. The highest BCUT2D eigenvalue weighted by Crippen LogP contribution is 2.74. The maximum atomic E-state index is 7.41. The van der Waals surface area contributed by atoms with Gasteiger partial charge < -0.3 is 19.3 Å². The summed E-state index contributed by atoms with van der Waals surface area (Å²) in [5, 5.41) is 0. The molecule has 0 N–H and O–H groups in total. The van der Waals surface area contributed by atoms with Gasteiger partial charge in [0.2, 0.25) is 0 Å². The van der Waals surface area contributed by atoms with Crippen molar-refractivity contribution >= 4 is 18.8 Å². The lowest BCUT2D eigenvalue weighted by Gasteiger charge is -2.76. The Bertz CT molecular complexity index is 1440. The quantitative estimate of drug-likeness (QED) is 0.247. The molecule has 0 amide bonds. The van der Waals surface area contributed by atoms with Gasteiger partial charge in [-0.15, -0.1) is 0 Å². The van der Waals surface area contributed by atoms with E-state index in [1.165, 1.54) is 51.4 Å². The van der Waals surface area contributed by atoms with Gasteiger partial charge in [0.1, 0.15) is 12.2 Å². The normalized spacial score (nSPS) is 56.5. The first-order valence-corrected chi connectivity index (χ1v) is 21.2. The summed E-state index contributed by atoms with van der Waals surface area (Å²) in [5.74, 6) is 8.81. The fourth-order valence-corrected chi connectivity index (χ4v) is 17.1. The summed E-state index contributed by atoms with van der Waals surface area (Å²) >= 11 is 0. The number of amidine groups is 2. The van der Waals surface area contributed by atoms with Crippen LogP contribution in [0.3, 0.4) is 0 Å². The van der Waals surface area contributed by atoms with Gasteiger partial charge >= 0.3 is 0 Å². The largest absolute Gasteiger partial charge is 0.461 e. The van der Waals surface area contributed by atoms with E-state index < -0.39 is 0 Å². The summed E-state index contributed by atoms with van der Waals surface area (Å²) in [6.07, 6.45) is 11.3. The maximum absolute atomic E-state index is 7.41. The van der Waals surface area contributed by atoms with Crippen LogP contribution < -0.4 is 0 Å². The molecule has 12 rings (SSSR count). The Kier molecular flexibility index (Phi) is 5.55. The molecule has 0 aromatic carbocycles. The monoisotopic (exact) mass is 667 g/mol. The fourth-order valence-electron chi connectivity index (χ4n) is 17.1. The van der Waals surface area contributed by atoms with Crippen molar-refractivity contribution < 1.29 is 9.47 Å². The van der Waals surface area contributed by atoms with Crippen LogP contribution in [-0.2, 0) is 9.47 Å². The van der Waals surface area contributed by atoms with Crippen molar-refractivity contribution in [2.45, 2.75) is 180 Å². The maximum Gasteiger partial charge on any atom is 0.288 e. The van der Waals surface area contributed by atoms with E-state index in [9.17, 15) is 0 Å². The van der Waals surface area contributed by atoms with E-state index in [0.29, 0.717) is 94.0 Å². The molecular formula is C42H63BN4O2. The van der Waals surface area contributed by atoms with Crippen LogP contribution in [0.5, 0.6) is 0 Å². The fraction of sp³-hybridized carbons (Fsp3) is 0.952. The Morgan fingerprint density at radius 3 is 1.37 bits per heavy atom. The van der Waals surface area contributed by atoms with Gasteiger partial charge in [-0.25, -0.2) is 9.98 Å². The number of fused-ring (bicyclic) bond motifs is 2. The molecule has 49 heavy (non-hydrogen) atoms. The van der Waals surface area contributed by atoms with E-state index in [4.69, 9.17) is 19.5 Å². The second kappa shape index (κ2) is 9.03. The number of aliphatic imine (C=N–C) groups is 2. The highest BCUT2D eigenvalue weighted by atomic mass is 16.5. The van der Waals surface area contributed by atoms with E-state index in [1.807, 2.05) is 0 Å². The van der Waals surface area contributed by atoms with Gasteiger partial charge in [-0.1, -0.05) is 75.2 Å². The van der Waals surface area contributed by atoms with Crippen molar-refractivity contribution in [3.8, 4) is 0 Å². The predicted octanol–water partition coefficient (Wildman–Crippen LogP) is 7.86. The van der Waals surface area contributed by atoms with Gasteiger partial charge in [-0.3, -0.25) is 0 Å². The van der Waals surface area contributed by atoms with Gasteiger partial charge in [0.15, 0.2) is 6.71 Å². The number of hydrogen-bond acceptors (Lipinski definition) is 6. The molecule has 6 aliphatic carbocycles. The van der Waals surface area contributed by atoms with E-state index in [2.05, 4.69) is 72.1 Å². The number of hydrogen-bond donors (Lipinski definition) is 0. The Labute approximate surface area is 296 Å². The lowest BCUT2D eigenvalue weighted by Crippen LogP contribution is -2.83. The number of rotatable bonds is 0. The lowest BCUT2D eigenvalue weighted by molar-refractivity contribution is -0.233. The van der Waals surface area contributed by atoms with E-state index in [-0.39, 0.29) is 0 Å². The summed E-state index contributed by atoms with van der Waals surface area (Å²) in [6.45, 7) is 23.5. The molecule has 12 aliphatic rings. The van der Waals surface area contributed by atoms with Crippen molar-refractivity contribution in [1.29, 1.82) is 0 Å². The summed E-state index contributed by atoms with van der Waals surface area (Å²) in [7, 11) is 0. The smallest absolute Gasteiger partial charge is 0.288 e. The molecule has 16 atom stereocenters. The lowest BCUT2D eigenvalue weighted by atomic mass is 9.16. The average molecular weight is 667 g/mol. The second-order valence-electron chi connectivity index (χ2n) is 23.4. The first kappa shape index (κ1) is 30.1. The van der Waals surface area contributed by atoms with Gasteiger partial charge in [-0.05, 0) is 114 Å². The van der Waals surface area contributed by atoms with Crippen molar-refractivity contribution in [3.63, 3.8) is 0 Å². The van der Waals surface area contributed by atoms with Crippen LogP contribution in [0.25, 0.3) is 0 Å². The minimum absolute atomic E-state index is 0.312. The van der Waals surface area contributed by atoms with Crippen LogP contribution in [0.1, 0.15) is 114 Å². The first-order chi connectivity index (χ1) is 23.2.